The van der Waals surface area contributed by atoms with Crippen molar-refractivity contribution in [3.63, 3.8) is 0 Å². The van der Waals surface area contributed by atoms with Gasteiger partial charge in [-0.2, -0.15) is 0 Å². The van der Waals surface area contributed by atoms with Crippen LogP contribution in [0.1, 0.15) is 10.5 Å². The Kier molecular flexibility index (Phi) is 2.85. The fourth-order valence-electron chi connectivity index (χ4n) is 0.686. The fourth-order valence-corrected chi connectivity index (χ4v) is 1.21. The van der Waals surface area contributed by atoms with E-state index in [4.69, 9.17) is 9.84 Å². The standard InChI is InChI=1S/C7H6INO3/c1-12-6-4(8)2-3-5(9-6)7(10)11/h2-3H,1H3,(H,10,11). The molecule has 1 aromatic heterocycles. The summed E-state index contributed by atoms with van der Waals surface area (Å²) in [4.78, 5) is 14.2. The normalized spacial score (nSPS) is 9.50. The number of nitrogens with zero attached hydrogens (tertiary/aromatic N) is 1. The summed E-state index contributed by atoms with van der Waals surface area (Å²) in [6.07, 6.45) is 0. The largest absolute Gasteiger partial charge is 0.480 e. The number of aromatic carboxylic acids is 1. The topological polar surface area (TPSA) is 59.4 Å². The summed E-state index contributed by atoms with van der Waals surface area (Å²) in [6.45, 7) is 0. The molecule has 4 nitrogen and oxygen atoms in total. The molecule has 1 aromatic rings. The van der Waals surface area contributed by atoms with Crippen molar-refractivity contribution in [2.24, 2.45) is 0 Å². The van der Waals surface area contributed by atoms with Gasteiger partial charge in [0.05, 0.1) is 10.7 Å². The number of aromatic nitrogens is 1. The number of methoxy groups -OCH3 is 1. The number of hydrogen-bond acceptors (Lipinski definition) is 3. The number of rotatable bonds is 2. The highest BCUT2D eigenvalue weighted by molar-refractivity contribution is 14.1. The molecule has 0 aromatic carbocycles. The van der Waals surface area contributed by atoms with Crippen molar-refractivity contribution in [2.45, 2.75) is 0 Å². The van der Waals surface area contributed by atoms with Crippen molar-refractivity contribution in [2.75, 3.05) is 7.11 Å². The van der Waals surface area contributed by atoms with E-state index in [0.29, 0.717) is 5.88 Å². The summed E-state index contributed by atoms with van der Waals surface area (Å²) < 4.78 is 5.65. The third kappa shape index (κ3) is 1.84. The summed E-state index contributed by atoms with van der Waals surface area (Å²) in [7, 11) is 1.45. The number of pyridine rings is 1. The maximum absolute atomic E-state index is 10.5. The Bertz CT molecular complexity index is 314. The van der Waals surface area contributed by atoms with E-state index in [1.807, 2.05) is 22.6 Å². The van der Waals surface area contributed by atoms with Gasteiger partial charge in [-0.15, -0.1) is 0 Å². The lowest BCUT2D eigenvalue weighted by molar-refractivity contribution is 0.0689. The number of ether oxygens (including phenoxy) is 1. The third-order valence-corrected chi connectivity index (χ3v) is 2.05. The van der Waals surface area contributed by atoms with E-state index in [-0.39, 0.29) is 5.69 Å². The lowest BCUT2D eigenvalue weighted by atomic mass is 10.3. The molecule has 64 valence electrons. The highest BCUT2D eigenvalue weighted by Crippen LogP contribution is 2.17. The maximum atomic E-state index is 10.5. The highest BCUT2D eigenvalue weighted by atomic mass is 127. The Balaban J connectivity index is 3.13. The molecule has 0 aliphatic carbocycles. The number of carboxylic acids is 1. The van der Waals surface area contributed by atoms with E-state index in [2.05, 4.69) is 4.98 Å². The zero-order chi connectivity index (χ0) is 9.14. The zero-order valence-corrected chi connectivity index (χ0v) is 8.40. The number of carboxylic acid groups (broad SMARTS) is 1. The predicted molar refractivity (Wildman–Crippen MR) is 50.5 cm³/mol. The van der Waals surface area contributed by atoms with Gasteiger partial charge in [0.25, 0.3) is 0 Å². The van der Waals surface area contributed by atoms with E-state index in [1.54, 1.807) is 6.07 Å². The molecule has 0 radical (unpaired) electrons. The Morgan fingerprint density at radius 1 is 1.67 bits per heavy atom. The summed E-state index contributed by atoms with van der Waals surface area (Å²) >= 11 is 2.02. The van der Waals surface area contributed by atoms with E-state index in [1.165, 1.54) is 13.2 Å². The first-order valence-electron chi connectivity index (χ1n) is 3.09. The first kappa shape index (κ1) is 9.24. The Hall–Kier alpha value is -0.850. The fraction of sp³-hybridized carbons (Fsp3) is 0.143. The Morgan fingerprint density at radius 3 is 2.83 bits per heavy atom. The van der Waals surface area contributed by atoms with E-state index in [0.717, 1.165) is 3.57 Å². The Labute approximate surface area is 82.7 Å². The smallest absolute Gasteiger partial charge is 0.354 e. The molecule has 0 fully saturated rings. The van der Waals surface area contributed by atoms with Gasteiger partial charge in [-0.1, -0.05) is 0 Å². The first-order chi connectivity index (χ1) is 5.65. The Morgan fingerprint density at radius 2 is 2.33 bits per heavy atom. The molecule has 0 amide bonds. The second-order valence-electron chi connectivity index (χ2n) is 1.99. The van der Waals surface area contributed by atoms with Crippen LogP contribution in [0.3, 0.4) is 0 Å². The van der Waals surface area contributed by atoms with Crippen molar-refractivity contribution in [3.8, 4) is 5.88 Å². The van der Waals surface area contributed by atoms with Crippen LogP contribution in [-0.4, -0.2) is 23.2 Å². The van der Waals surface area contributed by atoms with Crippen LogP contribution in [0.2, 0.25) is 0 Å². The molecule has 0 aliphatic heterocycles. The monoisotopic (exact) mass is 279 g/mol. The first-order valence-corrected chi connectivity index (χ1v) is 4.17. The lowest BCUT2D eigenvalue weighted by Crippen LogP contribution is -2.02. The van der Waals surface area contributed by atoms with Crippen LogP contribution in [0.5, 0.6) is 5.88 Å². The molecule has 1 rings (SSSR count). The van der Waals surface area contributed by atoms with Crippen LogP contribution in [0.15, 0.2) is 12.1 Å². The molecular weight excluding hydrogens is 273 g/mol. The molecule has 0 spiro atoms. The third-order valence-electron chi connectivity index (χ3n) is 1.23. The van der Waals surface area contributed by atoms with Crippen molar-refractivity contribution >= 4 is 28.6 Å². The highest BCUT2D eigenvalue weighted by Gasteiger charge is 2.08. The molecule has 0 atom stereocenters. The minimum atomic E-state index is -1.05. The average Bonchev–Trinajstić information content (AvgIpc) is 2.05. The van der Waals surface area contributed by atoms with Crippen molar-refractivity contribution < 1.29 is 14.6 Å². The van der Waals surface area contributed by atoms with Gasteiger partial charge >= 0.3 is 5.97 Å². The van der Waals surface area contributed by atoms with E-state index < -0.39 is 5.97 Å². The lowest BCUT2D eigenvalue weighted by Gasteiger charge is -2.01. The molecule has 0 bridgehead atoms. The summed E-state index contributed by atoms with van der Waals surface area (Å²) in [5.74, 6) is -0.708. The minimum Gasteiger partial charge on any atom is -0.480 e. The minimum absolute atomic E-state index is 0.00716. The van der Waals surface area contributed by atoms with Gasteiger partial charge in [-0.3, -0.25) is 0 Å². The van der Waals surface area contributed by atoms with Crippen LogP contribution >= 0.6 is 22.6 Å². The quantitative estimate of drug-likeness (QED) is 0.831. The molecular formula is C7H6INO3. The molecule has 0 aliphatic rings. The number of hydrogen-bond donors (Lipinski definition) is 1. The molecule has 0 unspecified atom stereocenters. The van der Waals surface area contributed by atoms with Gasteiger partial charge in [0, 0.05) is 0 Å². The summed E-state index contributed by atoms with van der Waals surface area (Å²) in [6, 6.07) is 3.09. The second kappa shape index (κ2) is 3.70. The van der Waals surface area contributed by atoms with Crippen molar-refractivity contribution in [3.05, 3.63) is 21.4 Å². The van der Waals surface area contributed by atoms with Gasteiger partial charge in [0.2, 0.25) is 5.88 Å². The van der Waals surface area contributed by atoms with Gasteiger partial charge < -0.3 is 9.84 Å². The molecule has 12 heavy (non-hydrogen) atoms. The molecule has 1 N–H and O–H groups in total. The average molecular weight is 279 g/mol. The molecule has 5 heteroatoms. The number of carbonyl (C=O) groups is 1. The zero-order valence-electron chi connectivity index (χ0n) is 6.24. The van der Waals surface area contributed by atoms with Gasteiger partial charge in [0.15, 0.2) is 5.69 Å². The summed E-state index contributed by atoms with van der Waals surface area (Å²) in [5, 5.41) is 8.58. The maximum Gasteiger partial charge on any atom is 0.354 e. The van der Waals surface area contributed by atoms with Crippen LogP contribution in [0.4, 0.5) is 0 Å². The van der Waals surface area contributed by atoms with E-state index in [9.17, 15) is 4.79 Å². The van der Waals surface area contributed by atoms with Crippen molar-refractivity contribution in [1.82, 2.24) is 4.98 Å². The summed E-state index contributed by atoms with van der Waals surface area (Å²) in [5.41, 5.74) is -0.00716. The van der Waals surface area contributed by atoms with Gasteiger partial charge in [-0.05, 0) is 34.7 Å². The van der Waals surface area contributed by atoms with Crippen LogP contribution in [0.25, 0.3) is 0 Å². The second-order valence-corrected chi connectivity index (χ2v) is 3.15. The molecule has 1 heterocycles. The SMILES string of the molecule is COc1nc(C(=O)O)ccc1I. The number of halogens is 1. The molecule has 0 saturated carbocycles. The predicted octanol–water partition coefficient (Wildman–Crippen LogP) is 1.39. The van der Waals surface area contributed by atoms with Crippen LogP contribution < -0.4 is 4.74 Å². The molecule has 0 saturated heterocycles. The van der Waals surface area contributed by atoms with Crippen LogP contribution in [0, 0.1) is 3.57 Å². The van der Waals surface area contributed by atoms with Gasteiger partial charge in [0.1, 0.15) is 0 Å². The van der Waals surface area contributed by atoms with Crippen LogP contribution in [-0.2, 0) is 0 Å². The van der Waals surface area contributed by atoms with E-state index >= 15 is 0 Å². The van der Waals surface area contributed by atoms with Gasteiger partial charge in [-0.25, -0.2) is 9.78 Å². The van der Waals surface area contributed by atoms with Crippen molar-refractivity contribution in [1.29, 1.82) is 0 Å².